The first-order chi connectivity index (χ1) is 13.3. The second kappa shape index (κ2) is 8.91. The number of sulfonamides is 1. The van der Waals surface area contributed by atoms with Crippen molar-refractivity contribution in [1.82, 2.24) is 4.72 Å². The molecule has 1 aliphatic rings. The van der Waals surface area contributed by atoms with E-state index in [9.17, 15) is 13.0 Å². The topological polar surface area (TPSA) is 72.5 Å². The number of rotatable bonds is 7. The lowest BCUT2D eigenvalue weighted by Crippen LogP contribution is -2.46. The second-order valence-corrected chi connectivity index (χ2v) is 11.7. The van der Waals surface area contributed by atoms with E-state index in [1.807, 2.05) is 44.2 Å². The molecule has 5 nitrogen and oxygen atoms in total. The van der Waals surface area contributed by atoms with Gasteiger partial charge in [0.2, 0.25) is 17.4 Å². The van der Waals surface area contributed by atoms with Crippen LogP contribution in [0.3, 0.4) is 0 Å². The molecule has 1 fully saturated rings. The van der Waals surface area contributed by atoms with Gasteiger partial charge in [-0.25, -0.2) is 13.1 Å². The van der Waals surface area contributed by atoms with Gasteiger partial charge in [-0.15, -0.1) is 0 Å². The highest BCUT2D eigenvalue weighted by molar-refractivity contribution is 7.89. The Kier molecular flexibility index (Phi) is 6.77. The Bertz CT molecular complexity index is 929. The van der Waals surface area contributed by atoms with Gasteiger partial charge in [-0.3, -0.25) is 4.57 Å². The van der Waals surface area contributed by atoms with Gasteiger partial charge in [-0.05, 0) is 44.0 Å². The molecule has 0 spiro atoms. The molecular weight excluding hydrogens is 393 g/mol. The second-order valence-electron chi connectivity index (χ2n) is 7.29. The summed E-state index contributed by atoms with van der Waals surface area (Å²) in [4.78, 5) is 0.240. The Morgan fingerprint density at radius 1 is 1.04 bits per heavy atom. The third kappa shape index (κ3) is 4.93. The maximum atomic E-state index is 13.5. The van der Waals surface area contributed by atoms with Crippen molar-refractivity contribution in [3.63, 3.8) is 0 Å². The number of hydrogen-bond donors (Lipinski definition) is 1. The predicted octanol–water partition coefficient (Wildman–Crippen LogP) is 4.22. The lowest BCUT2D eigenvalue weighted by molar-refractivity contribution is 0.130. The summed E-state index contributed by atoms with van der Waals surface area (Å²) in [5, 5.41) is 0.684. The molecular formula is C21H28NO4PS. The van der Waals surface area contributed by atoms with Crippen LogP contribution in [-0.2, 0) is 19.1 Å². The highest BCUT2D eigenvalue weighted by atomic mass is 32.2. The summed E-state index contributed by atoms with van der Waals surface area (Å²) < 4.78 is 48.1. The van der Waals surface area contributed by atoms with Crippen LogP contribution in [-0.4, -0.2) is 26.7 Å². The van der Waals surface area contributed by atoms with Gasteiger partial charge in [0.15, 0.2) is 0 Å². The van der Waals surface area contributed by atoms with Crippen molar-refractivity contribution >= 4 is 22.7 Å². The fourth-order valence-electron chi connectivity index (χ4n) is 3.53. The molecule has 3 rings (SSSR count). The molecule has 3 atom stereocenters. The van der Waals surface area contributed by atoms with Gasteiger partial charge < -0.3 is 4.52 Å². The minimum atomic E-state index is -3.66. The van der Waals surface area contributed by atoms with Crippen molar-refractivity contribution in [3.05, 3.63) is 60.2 Å². The smallest absolute Gasteiger partial charge is 0.240 e. The Morgan fingerprint density at radius 3 is 2.32 bits per heavy atom. The molecule has 2 aromatic carbocycles. The monoisotopic (exact) mass is 421 g/mol. The fraction of sp³-hybridized carbons (Fsp3) is 0.429. The molecule has 0 bridgehead atoms. The number of benzene rings is 2. The van der Waals surface area contributed by atoms with Crippen molar-refractivity contribution < 1.29 is 17.5 Å². The number of hydrogen-bond acceptors (Lipinski definition) is 4. The van der Waals surface area contributed by atoms with E-state index in [0.29, 0.717) is 24.3 Å². The van der Waals surface area contributed by atoms with Crippen LogP contribution < -0.4 is 10.0 Å². The van der Waals surface area contributed by atoms with Crippen LogP contribution in [0, 0.1) is 6.92 Å². The van der Waals surface area contributed by atoms with Crippen molar-refractivity contribution in [3.8, 4) is 0 Å². The van der Waals surface area contributed by atoms with Gasteiger partial charge >= 0.3 is 0 Å². The SMILES string of the molecule is CC[P@@](=O)(O[C@H]1CCCC[C@@H]1NS(=O)(=O)c1ccc(C)cc1)c1ccccc1. The molecule has 0 saturated heterocycles. The highest BCUT2D eigenvalue weighted by Gasteiger charge is 2.36. The zero-order chi connectivity index (χ0) is 20.2. The van der Waals surface area contributed by atoms with E-state index < -0.39 is 23.5 Å². The van der Waals surface area contributed by atoms with E-state index in [1.54, 1.807) is 24.3 Å². The standard InChI is InChI=1S/C21H28NO4PS/c1-3-27(23,18-9-5-4-6-10-18)26-21-12-8-7-11-20(21)22-28(24,25)19-15-13-17(2)14-16-19/h4-6,9-10,13-16,20-22H,3,7-8,11-12H2,1-2H3/t20-,21-,27+/m0/s1. The van der Waals surface area contributed by atoms with Crippen molar-refractivity contribution in [2.24, 2.45) is 0 Å². The summed E-state index contributed by atoms with van der Waals surface area (Å²) >= 11 is 0. The summed E-state index contributed by atoms with van der Waals surface area (Å²) in [6, 6.07) is 15.6. The third-order valence-electron chi connectivity index (χ3n) is 5.21. The quantitative estimate of drug-likeness (QED) is 0.680. The maximum absolute atomic E-state index is 13.5. The van der Waals surface area contributed by atoms with Crippen LogP contribution in [0.5, 0.6) is 0 Å². The molecule has 0 amide bonds. The molecule has 0 radical (unpaired) electrons. The van der Waals surface area contributed by atoms with Gasteiger partial charge in [0.25, 0.3) is 0 Å². The Hall–Kier alpha value is -1.46. The molecule has 0 aliphatic heterocycles. The van der Waals surface area contributed by atoms with Crippen LogP contribution in [0.2, 0.25) is 0 Å². The lowest BCUT2D eigenvalue weighted by Gasteiger charge is -2.34. The summed E-state index contributed by atoms with van der Waals surface area (Å²) in [6.07, 6.45) is 3.20. The zero-order valence-electron chi connectivity index (χ0n) is 16.4. The Morgan fingerprint density at radius 2 is 1.68 bits per heavy atom. The van der Waals surface area contributed by atoms with Crippen LogP contribution >= 0.6 is 7.37 Å². The summed E-state index contributed by atoms with van der Waals surface area (Å²) in [7, 11) is -6.69. The third-order valence-corrected chi connectivity index (χ3v) is 9.25. The van der Waals surface area contributed by atoms with E-state index in [4.69, 9.17) is 4.52 Å². The molecule has 7 heteroatoms. The first-order valence-electron chi connectivity index (χ1n) is 9.76. The van der Waals surface area contributed by atoms with Crippen LogP contribution in [0.4, 0.5) is 0 Å². The van der Waals surface area contributed by atoms with E-state index in [2.05, 4.69) is 4.72 Å². The van der Waals surface area contributed by atoms with Gasteiger partial charge in [-0.1, -0.05) is 55.7 Å². The van der Waals surface area contributed by atoms with Crippen molar-refractivity contribution in [2.45, 2.75) is 56.6 Å². The Labute approximate surface area is 168 Å². The van der Waals surface area contributed by atoms with Crippen LogP contribution in [0.15, 0.2) is 59.5 Å². The summed E-state index contributed by atoms with van der Waals surface area (Å²) in [5.74, 6) is 0. The van der Waals surface area contributed by atoms with Gasteiger partial charge in [0, 0.05) is 17.5 Å². The Balaban J connectivity index is 1.80. The maximum Gasteiger partial charge on any atom is 0.240 e. The van der Waals surface area contributed by atoms with E-state index in [0.717, 1.165) is 18.4 Å². The molecule has 1 saturated carbocycles. The summed E-state index contributed by atoms with van der Waals surface area (Å²) in [6.45, 7) is 3.77. The molecule has 1 N–H and O–H groups in total. The van der Waals surface area contributed by atoms with Gasteiger partial charge in [0.05, 0.1) is 11.0 Å². The first kappa shape index (κ1) is 21.3. The molecule has 152 valence electrons. The van der Waals surface area contributed by atoms with Crippen LogP contribution in [0.25, 0.3) is 0 Å². The molecule has 1 aliphatic carbocycles. The van der Waals surface area contributed by atoms with Crippen molar-refractivity contribution in [2.75, 3.05) is 6.16 Å². The predicted molar refractivity (Wildman–Crippen MR) is 113 cm³/mol. The molecule has 0 heterocycles. The number of aryl methyl sites for hydroxylation is 1. The molecule has 0 aromatic heterocycles. The number of nitrogens with one attached hydrogen (secondary N) is 1. The minimum absolute atomic E-state index is 0.240. The molecule has 0 unspecified atom stereocenters. The summed E-state index contributed by atoms with van der Waals surface area (Å²) in [5.41, 5.74) is 1.00. The fourth-order valence-corrected chi connectivity index (χ4v) is 6.79. The average Bonchev–Trinajstić information content (AvgIpc) is 2.70. The highest BCUT2D eigenvalue weighted by Crippen LogP contribution is 2.48. The lowest BCUT2D eigenvalue weighted by atomic mass is 9.93. The molecule has 2 aromatic rings. The minimum Gasteiger partial charge on any atom is -0.320 e. The van der Waals surface area contributed by atoms with E-state index >= 15 is 0 Å². The van der Waals surface area contributed by atoms with Gasteiger partial charge in [-0.2, -0.15) is 0 Å². The largest absolute Gasteiger partial charge is 0.320 e. The normalized spacial score (nSPS) is 22.5. The zero-order valence-corrected chi connectivity index (χ0v) is 18.1. The average molecular weight is 421 g/mol. The van der Waals surface area contributed by atoms with E-state index in [-0.39, 0.29) is 10.9 Å². The molecule has 28 heavy (non-hydrogen) atoms. The van der Waals surface area contributed by atoms with Gasteiger partial charge in [0.1, 0.15) is 0 Å². The van der Waals surface area contributed by atoms with Crippen molar-refractivity contribution in [1.29, 1.82) is 0 Å². The van der Waals surface area contributed by atoms with E-state index in [1.165, 1.54) is 0 Å². The van der Waals surface area contributed by atoms with Crippen LogP contribution in [0.1, 0.15) is 38.2 Å². The first-order valence-corrected chi connectivity index (χ1v) is 13.1.